The summed E-state index contributed by atoms with van der Waals surface area (Å²) in [7, 11) is -3.98. The maximum absolute atomic E-state index is 12.0. The average Bonchev–Trinajstić information content (AvgIpc) is 3.16. The molecule has 0 radical (unpaired) electrons. The van der Waals surface area contributed by atoms with Gasteiger partial charge in [0.2, 0.25) is 0 Å². The zero-order valence-electron chi connectivity index (χ0n) is 16.8. The Kier molecular flexibility index (Phi) is 9.45. The molecule has 0 saturated carbocycles. The molecule has 0 amide bonds. The van der Waals surface area contributed by atoms with Gasteiger partial charge in [-0.3, -0.25) is 4.28 Å². The molecule has 1 aromatic rings. The lowest BCUT2D eigenvalue weighted by Crippen LogP contribution is -2.25. The van der Waals surface area contributed by atoms with Gasteiger partial charge < -0.3 is 0 Å². The number of rotatable bonds is 11. The Balaban J connectivity index is 2.00. The van der Waals surface area contributed by atoms with Crippen LogP contribution in [0, 0.1) is 18.3 Å². The largest absolute Gasteiger partial charge is 0.402 e. The first-order chi connectivity index (χ1) is 14.0. The molecule has 0 saturated heterocycles. The highest BCUT2D eigenvalue weighted by molar-refractivity contribution is 8.17. The Labute approximate surface area is 178 Å². The molecule has 1 heterocycles. The lowest BCUT2D eigenvalue weighted by atomic mass is 9.97. The van der Waals surface area contributed by atoms with Crippen LogP contribution in [0.15, 0.2) is 46.5 Å². The molecule has 1 aliphatic heterocycles. The van der Waals surface area contributed by atoms with E-state index in [0.29, 0.717) is 22.7 Å². The van der Waals surface area contributed by atoms with Gasteiger partial charge in [0, 0.05) is 12.1 Å². The molecule has 156 valence electrons. The monoisotopic (exact) mass is 433 g/mol. The minimum Gasteiger partial charge on any atom is -0.255 e. The quantitative estimate of drug-likeness (QED) is 0.299. The first kappa shape index (κ1) is 23.2. The van der Waals surface area contributed by atoms with Crippen LogP contribution in [0.5, 0.6) is 0 Å². The Morgan fingerprint density at radius 2 is 1.93 bits per heavy atom. The zero-order valence-corrected chi connectivity index (χ0v) is 18.5. The molecule has 0 aromatic heterocycles. The smallest absolute Gasteiger partial charge is 0.255 e. The standard InChI is InChI=1S/C21H27N3O3S2/c1-3-4-5-6-7-10-14-23-29(25,26)27-24-21-19(13-15-28-21)20(16-22)18-12-9-8-11-17(18)2/h8-9,11-13,15,23H,3-7,10,14H2,1-2H3/b20-19+,24-21-. The minimum absolute atomic E-state index is 0.320. The fourth-order valence-corrected chi connectivity index (χ4v) is 4.27. The number of benzene rings is 1. The van der Waals surface area contributed by atoms with Gasteiger partial charge in [0.1, 0.15) is 6.07 Å². The summed E-state index contributed by atoms with van der Waals surface area (Å²) >= 11 is 1.22. The van der Waals surface area contributed by atoms with E-state index in [1.54, 1.807) is 11.5 Å². The topological polar surface area (TPSA) is 91.6 Å². The summed E-state index contributed by atoms with van der Waals surface area (Å²) in [5, 5.41) is 15.5. The SMILES string of the molecule is CCCCCCCCNS(=O)(=O)O/N=C1\SC=C\C1=C(\C#N)c1ccccc1C. The lowest BCUT2D eigenvalue weighted by Gasteiger charge is -2.08. The second kappa shape index (κ2) is 11.8. The molecule has 0 spiro atoms. The minimum atomic E-state index is -3.98. The van der Waals surface area contributed by atoms with Gasteiger partial charge in [0.15, 0.2) is 5.04 Å². The highest BCUT2D eigenvalue weighted by Gasteiger charge is 2.20. The van der Waals surface area contributed by atoms with E-state index in [4.69, 9.17) is 4.28 Å². The molecular formula is C21H27N3O3S2. The molecule has 29 heavy (non-hydrogen) atoms. The molecule has 8 heteroatoms. The van der Waals surface area contributed by atoms with E-state index in [9.17, 15) is 13.7 Å². The number of hydrogen-bond acceptors (Lipinski definition) is 6. The number of thioether (sulfide) groups is 1. The summed E-state index contributed by atoms with van der Waals surface area (Å²) in [6.07, 6.45) is 8.15. The fourth-order valence-electron chi connectivity index (χ4n) is 2.89. The predicted molar refractivity (Wildman–Crippen MR) is 119 cm³/mol. The number of allylic oxidation sites excluding steroid dienone is 2. The third-order valence-electron chi connectivity index (χ3n) is 4.47. The van der Waals surface area contributed by atoms with Gasteiger partial charge in [-0.2, -0.15) is 18.4 Å². The summed E-state index contributed by atoms with van der Waals surface area (Å²) in [5.74, 6) is 0. The first-order valence-corrected chi connectivity index (χ1v) is 12.1. The predicted octanol–water partition coefficient (Wildman–Crippen LogP) is 5.06. The van der Waals surface area contributed by atoms with Crippen molar-refractivity contribution in [1.82, 2.24) is 4.72 Å². The van der Waals surface area contributed by atoms with Crippen LogP contribution in [0.25, 0.3) is 5.57 Å². The highest BCUT2D eigenvalue weighted by atomic mass is 32.2. The van der Waals surface area contributed by atoms with E-state index in [-0.39, 0.29) is 0 Å². The van der Waals surface area contributed by atoms with Crippen molar-refractivity contribution in [3.8, 4) is 6.07 Å². The second-order valence-corrected chi connectivity index (χ2v) is 8.96. The molecule has 0 fully saturated rings. The first-order valence-electron chi connectivity index (χ1n) is 9.78. The molecule has 0 atom stereocenters. The third-order valence-corrected chi connectivity index (χ3v) is 6.09. The number of nitrogens with one attached hydrogen (secondary N) is 1. The van der Waals surface area contributed by atoms with Crippen molar-refractivity contribution >= 4 is 32.7 Å². The van der Waals surface area contributed by atoms with Crippen LogP contribution in [-0.4, -0.2) is 20.0 Å². The fraction of sp³-hybridized carbons (Fsp3) is 0.429. The summed E-state index contributed by atoms with van der Waals surface area (Å²) in [6.45, 7) is 4.40. The maximum atomic E-state index is 12.0. The van der Waals surface area contributed by atoms with Gasteiger partial charge in [-0.05, 0) is 36.0 Å². The number of nitrogens with zero attached hydrogens (tertiary/aromatic N) is 2. The second-order valence-electron chi connectivity index (χ2n) is 6.72. The molecule has 0 aliphatic carbocycles. The van der Waals surface area contributed by atoms with Crippen LogP contribution < -0.4 is 4.72 Å². The molecule has 0 unspecified atom stereocenters. The normalized spacial score (nSPS) is 16.8. The Hall–Kier alpha value is -2.08. The van der Waals surface area contributed by atoms with Crippen molar-refractivity contribution in [2.24, 2.45) is 5.16 Å². The van der Waals surface area contributed by atoms with Crippen LogP contribution in [0.1, 0.15) is 56.6 Å². The Bertz CT molecular complexity index is 929. The molecule has 1 N–H and O–H groups in total. The molecule has 2 rings (SSSR count). The van der Waals surface area contributed by atoms with Crippen molar-refractivity contribution in [3.05, 3.63) is 52.4 Å². The van der Waals surface area contributed by atoms with Gasteiger partial charge >= 0.3 is 10.3 Å². The van der Waals surface area contributed by atoms with Crippen molar-refractivity contribution in [2.45, 2.75) is 52.4 Å². The van der Waals surface area contributed by atoms with E-state index in [1.807, 2.05) is 31.2 Å². The highest BCUT2D eigenvalue weighted by Crippen LogP contribution is 2.32. The summed E-state index contributed by atoms with van der Waals surface area (Å²) < 4.78 is 31.3. The summed E-state index contributed by atoms with van der Waals surface area (Å²) in [4.78, 5) is 0. The number of hydrogen-bond donors (Lipinski definition) is 1. The van der Waals surface area contributed by atoms with Crippen LogP contribution >= 0.6 is 11.8 Å². The lowest BCUT2D eigenvalue weighted by molar-refractivity contribution is 0.331. The van der Waals surface area contributed by atoms with Crippen LogP contribution in [0.2, 0.25) is 0 Å². The maximum Gasteiger partial charge on any atom is 0.402 e. The van der Waals surface area contributed by atoms with Crippen molar-refractivity contribution in [3.63, 3.8) is 0 Å². The molecule has 0 bridgehead atoms. The van der Waals surface area contributed by atoms with Crippen LogP contribution in [0.3, 0.4) is 0 Å². The molecule has 6 nitrogen and oxygen atoms in total. The van der Waals surface area contributed by atoms with Crippen LogP contribution in [0.4, 0.5) is 0 Å². The van der Waals surface area contributed by atoms with Crippen molar-refractivity contribution in [1.29, 1.82) is 5.26 Å². The summed E-state index contributed by atoms with van der Waals surface area (Å²) in [5.41, 5.74) is 2.73. The van der Waals surface area contributed by atoms with Crippen molar-refractivity contribution in [2.75, 3.05) is 6.54 Å². The van der Waals surface area contributed by atoms with Gasteiger partial charge in [-0.25, -0.2) is 0 Å². The van der Waals surface area contributed by atoms with E-state index in [2.05, 4.69) is 22.9 Å². The molecular weight excluding hydrogens is 406 g/mol. The van der Waals surface area contributed by atoms with Gasteiger partial charge in [-0.1, -0.05) is 80.2 Å². The van der Waals surface area contributed by atoms with Gasteiger partial charge in [0.25, 0.3) is 0 Å². The average molecular weight is 434 g/mol. The van der Waals surface area contributed by atoms with E-state index in [0.717, 1.165) is 30.4 Å². The number of nitriles is 1. The number of oxime groups is 1. The molecule has 1 aliphatic rings. The van der Waals surface area contributed by atoms with Gasteiger partial charge in [-0.15, -0.1) is 0 Å². The zero-order chi connectivity index (χ0) is 21.1. The van der Waals surface area contributed by atoms with E-state index in [1.165, 1.54) is 31.0 Å². The Morgan fingerprint density at radius 3 is 2.66 bits per heavy atom. The van der Waals surface area contributed by atoms with E-state index < -0.39 is 10.3 Å². The number of unbranched alkanes of at least 4 members (excludes halogenated alkanes) is 5. The van der Waals surface area contributed by atoms with E-state index >= 15 is 0 Å². The Morgan fingerprint density at radius 1 is 1.21 bits per heavy atom. The summed E-state index contributed by atoms with van der Waals surface area (Å²) in [6, 6.07) is 9.74. The van der Waals surface area contributed by atoms with Gasteiger partial charge in [0.05, 0.1) is 5.57 Å². The number of aryl methyl sites for hydroxylation is 1. The van der Waals surface area contributed by atoms with Crippen LogP contribution in [-0.2, 0) is 14.6 Å². The molecule has 1 aromatic carbocycles. The van der Waals surface area contributed by atoms with Crippen molar-refractivity contribution < 1.29 is 12.7 Å². The third kappa shape index (κ3) is 7.35.